The summed E-state index contributed by atoms with van der Waals surface area (Å²) in [6.07, 6.45) is -2.30. The van der Waals surface area contributed by atoms with Crippen molar-refractivity contribution in [1.82, 2.24) is 0 Å². The van der Waals surface area contributed by atoms with Gasteiger partial charge in [0.15, 0.2) is 0 Å². The van der Waals surface area contributed by atoms with E-state index in [9.17, 15) is 13.2 Å². The summed E-state index contributed by atoms with van der Waals surface area (Å²) in [6.45, 7) is 12.6. The fraction of sp³-hybridized carbons (Fsp3) is 0.212. The number of alkyl halides is 3. The minimum Gasteiger partial charge on any atom is -0.257 e. The molecule has 4 rings (SSSR count). The largest absolute Gasteiger partial charge is 0.416 e. The highest BCUT2D eigenvalue weighted by Crippen LogP contribution is 2.63. The number of anilines is 1. The normalized spacial score (nSPS) is 12.4. The Bertz CT molecular complexity index is 1450. The molecule has 0 aliphatic heterocycles. The van der Waals surface area contributed by atoms with E-state index in [4.69, 9.17) is 4.88 Å². The first-order valence-corrected chi connectivity index (χ1v) is 14.9. The molecule has 0 fully saturated rings. The molecule has 0 amide bonds. The van der Waals surface area contributed by atoms with Crippen LogP contribution in [0.5, 0.6) is 0 Å². The first-order chi connectivity index (χ1) is 18.9. The highest BCUT2D eigenvalue weighted by atomic mass is 31.2. The van der Waals surface area contributed by atoms with Gasteiger partial charge in [0.1, 0.15) is 10.6 Å². The van der Waals surface area contributed by atoms with Crippen molar-refractivity contribution in [3.63, 3.8) is 0 Å². The summed E-state index contributed by atoms with van der Waals surface area (Å²) in [7, 11) is -2.69. The van der Waals surface area contributed by atoms with Gasteiger partial charge in [0, 0.05) is 4.88 Å². The lowest BCUT2D eigenvalue weighted by Crippen LogP contribution is -2.27. The molecule has 0 bridgehead atoms. The molecular weight excluding hydrogens is 526 g/mol. The average Bonchev–Trinajstić information content (AvgIpc) is 2.86. The first-order valence-electron chi connectivity index (χ1n) is 13.1. The lowest BCUT2D eigenvalue weighted by atomic mass is 10.1. The van der Waals surface area contributed by atoms with Crippen LogP contribution < -0.4 is 16.0 Å². The van der Waals surface area contributed by atoms with Crippen molar-refractivity contribution in [2.45, 2.75) is 47.7 Å². The predicted octanol–water partition coefficient (Wildman–Crippen LogP) is 9.59. The van der Waals surface area contributed by atoms with E-state index in [0.717, 1.165) is 50.6 Å². The van der Waals surface area contributed by atoms with E-state index < -0.39 is 19.2 Å². The van der Waals surface area contributed by atoms with Crippen LogP contribution in [0.4, 0.5) is 18.9 Å². The predicted molar refractivity (Wildman–Crippen MR) is 163 cm³/mol. The third-order valence-corrected chi connectivity index (χ3v) is 10.5. The summed E-state index contributed by atoms with van der Waals surface area (Å²) in [5.74, 6) is 2.19. The second-order valence-electron chi connectivity index (χ2n) is 10.3. The van der Waals surface area contributed by atoms with E-state index in [0.29, 0.717) is 5.69 Å². The number of hydrogen-bond donors (Lipinski definition) is 1. The van der Waals surface area contributed by atoms with E-state index in [2.05, 4.69) is 88.4 Å². The second-order valence-corrected chi connectivity index (χ2v) is 13.0. The van der Waals surface area contributed by atoms with Crippen LogP contribution in [-0.4, -0.2) is 0 Å². The number of aryl methyl sites for hydroxylation is 6. The monoisotopic (exact) mass is 560 g/mol. The molecule has 0 heterocycles. The third-order valence-electron chi connectivity index (χ3n) is 6.81. The van der Waals surface area contributed by atoms with Crippen LogP contribution >= 0.6 is 7.41 Å². The van der Waals surface area contributed by atoms with Gasteiger partial charge in [-0.05, 0) is 105 Å². The van der Waals surface area contributed by atoms with Gasteiger partial charge in [0.05, 0.1) is 17.1 Å². The van der Waals surface area contributed by atoms with Crippen molar-refractivity contribution in [1.29, 1.82) is 0 Å². The van der Waals surface area contributed by atoms with E-state index in [-0.39, 0.29) is 0 Å². The molecule has 0 saturated carbocycles. The number of rotatable bonds is 7. The molecule has 7 heteroatoms. The number of halogens is 3. The molecule has 4 aromatic rings. The van der Waals surface area contributed by atoms with Crippen LogP contribution in [0.15, 0.2) is 94.8 Å². The minimum atomic E-state index is -4.40. The first kappa shape index (κ1) is 29.2. The maximum absolute atomic E-state index is 13.1. The molecule has 0 radical (unpaired) electrons. The Balaban J connectivity index is 1.95. The summed E-state index contributed by atoms with van der Waals surface area (Å²) < 4.78 is 39.2. The fourth-order valence-corrected chi connectivity index (χ4v) is 9.19. The van der Waals surface area contributed by atoms with Gasteiger partial charge in [0.25, 0.3) is 0 Å². The maximum atomic E-state index is 13.1. The van der Waals surface area contributed by atoms with Crippen molar-refractivity contribution in [2.75, 3.05) is 5.43 Å². The maximum Gasteiger partial charge on any atom is 0.416 e. The van der Waals surface area contributed by atoms with Crippen molar-refractivity contribution in [3.8, 4) is 0 Å². The Kier molecular flexibility index (Phi) is 8.60. The molecular formula is C33H34F3N3P+. The molecule has 3 nitrogen and oxygen atoms in total. The molecule has 0 atom stereocenters. The highest BCUT2D eigenvalue weighted by molar-refractivity contribution is 7.91. The van der Waals surface area contributed by atoms with Crippen LogP contribution in [0.2, 0.25) is 0 Å². The molecule has 0 aliphatic carbocycles. The number of nitrogens with zero attached hydrogens (tertiary/aromatic N) is 2. The second kappa shape index (κ2) is 11.8. The molecule has 206 valence electrons. The Morgan fingerprint density at radius 2 is 1.15 bits per heavy atom. The van der Waals surface area contributed by atoms with Crippen LogP contribution in [0.25, 0.3) is 6.08 Å². The van der Waals surface area contributed by atoms with Crippen molar-refractivity contribution < 1.29 is 13.2 Å². The van der Waals surface area contributed by atoms with Crippen LogP contribution in [0, 0.1) is 41.5 Å². The quantitative estimate of drug-likeness (QED) is 0.136. The summed E-state index contributed by atoms with van der Waals surface area (Å²) in [4.78, 5) is 5.10. The Morgan fingerprint density at radius 1 is 0.675 bits per heavy atom. The SMILES string of the molecule is Cc1cc(C)c([P+](/C=C/c2ccccc2)(/N=N/Nc2ccc(C(F)(F)F)cc2)c2c(C)cc(C)cc2C)c(C)c1. The van der Waals surface area contributed by atoms with Gasteiger partial charge < -0.3 is 0 Å². The average molecular weight is 561 g/mol. The van der Waals surface area contributed by atoms with Gasteiger partial charge in [-0.25, -0.2) is 0 Å². The fourth-order valence-electron chi connectivity index (χ4n) is 5.44. The van der Waals surface area contributed by atoms with Crippen LogP contribution in [-0.2, 0) is 6.18 Å². The van der Waals surface area contributed by atoms with Crippen molar-refractivity contribution >= 4 is 29.8 Å². The highest BCUT2D eigenvalue weighted by Gasteiger charge is 2.48. The van der Waals surface area contributed by atoms with Crippen molar-refractivity contribution in [3.05, 3.63) is 129 Å². The molecule has 40 heavy (non-hydrogen) atoms. The lowest BCUT2D eigenvalue weighted by Gasteiger charge is -2.24. The van der Waals surface area contributed by atoms with Gasteiger partial charge in [-0.1, -0.05) is 65.7 Å². The number of hydrogen-bond acceptors (Lipinski definition) is 2. The molecule has 0 unspecified atom stereocenters. The van der Waals surface area contributed by atoms with Gasteiger partial charge in [-0.3, -0.25) is 5.43 Å². The Morgan fingerprint density at radius 3 is 1.60 bits per heavy atom. The molecule has 0 saturated heterocycles. The van der Waals surface area contributed by atoms with Crippen LogP contribution in [0.3, 0.4) is 0 Å². The Labute approximate surface area is 235 Å². The smallest absolute Gasteiger partial charge is 0.257 e. The zero-order valence-electron chi connectivity index (χ0n) is 23.6. The summed E-state index contributed by atoms with van der Waals surface area (Å²) in [6, 6.07) is 23.6. The van der Waals surface area contributed by atoms with Crippen molar-refractivity contribution in [2.24, 2.45) is 10.1 Å². The third kappa shape index (κ3) is 6.34. The number of benzene rings is 4. The van der Waals surface area contributed by atoms with Gasteiger partial charge in [-0.2, -0.15) is 13.2 Å². The topological polar surface area (TPSA) is 36.8 Å². The van der Waals surface area contributed by atoms with Gasteiger partial charge in [0.2, 0.25) is 7.41 Å². The minimum absolute atomic E-state index is 0.427. The zero-order chi connectivity index (χ0) is 29.1. The van der Waals surface area contributed by atoms with E-state index in [1.165, 1.54) is 23.3 Å². The molecule has 0 spiro atoms. The molecule has 1 N–H and O–H groups in total. The summed E-state index contributed by atoms with van der Waals surface area (Å²) >= 11 is 0. The molecule has 0 aromatic heterocycles. The zero-order valence-corrected chi connectivity index (χ0v) is 24.5. The summed E-state index contributed by atoms with van der Waals surface area (Å²) in [5, 5.41) is 6.72. The van der Waals surface area contributed by atoms with E-state index >= 15 is 0 Å². The molecule has 0 aliphatic rings. The Hall–Kier alpha value is -3.76. The number of nitrogens with one attached hydrogen (secondary N) is 1. The van der Waals surface area contributed by atoms with E-state index in [1.54, 1.807) is 0 Å². The van der Waals surface area contributed by atoms with E-state index in [1.807, 2.05) is 30.3 Å². The van der Waals surface area contributed by atoms with Gasteiger partial charge in [-0.15, -0.1) is 0 Å². The summed E-state index contributed by atoms with van der Waals surface area (Å²) in [5.41, 5.74) is 10.5. The standard InChI is InChI=1S/C33H34F3N3P/c1-22-18-24(3)31(25(4)19-22)40(17-16-28-10-8-7-9-11-28,32-26(5)20-23(2)21-27(32)6)39-38-37-30-14-12-29(13-15-30)33(34,35)36/h7-21H,1-6H3,(H,37,39)/q+1/b17-16+. The molecule has 4 aromatic carbocycles. The van der Waals surface area contributed by atoms with Crippen LogP contribution in [0.1, 0.15) is 44.5 Å². The lowest BCUT2D eigenvalue weighted by molar-refractivity contribution is -0.137. The van der Waals surface area contributed by atoms with Gasteiger partial charge >= 0.3 is 6.18 Å².